The zero-order valence-corrected chi connectivity index (χ0v) is 15.9. The van der Waals surface area contributed by atoms with Gasteiger partial charge in [0, 0.05) is 30.1 Å². The molecule has 29 heavy (non-hydrogen) atoms. The van der Waals surface area contributed by atoms with Gasteiger partial charge < -0.3 is 5.32 Å². The van der Waals surface area contributed by atoms with Crippen LogP contribution < -0.4 is 5.32 Å². The molecule has 1 N–H and O–H groups in total. The number of aromatic nitrogens is 4. The number of hydrogen-bond donors (Lipinski definition) is 1. The van der Waals surface area contributed by atoms with Crippen molar-refractivity contribution < 1.29 is 9.18 Å². The van der Waals surface area contributed by atoms with Crippen LogP contribution in [0.25, 0.3) is 16.9 Å². The fourth-order valence-electron chi connectivity index (χ4n) is 3.05. The lowest BCUT2D eigenvalue weighted by Crippen LogP contribution is -2.27. The molecule has 146 valence electrons. The molecule has 2 aromatic carbocycles. The summed E-state index contributed by atoms with van der Waals surface area (Å²) in [5.41, 5.74) is 4.23. The second-order valence-corrected chi connectivity index (χ2v) is 6.78. The molecule has 0 unspecified atom stereocenters. The van der Waals surface area contributed by atoms with Crippen molar-refractivity contribution in [3.8, 4) is 16.9 Å². The number of halogens is 1. The van der Waals surface area contributed by atoms with Gasteiger partial charge in [0.15, 0.2) is 0 Å². The SMILES string of the molecule is Cc1cnn(CC(=O)NCc2cn(-c3ccccc3)nc2-c2ccc(F)cc2)c1. The van der Waals surface area contributed by atoms with Gasteiger partial charge in [-0.1, -0.05) is 18.2 Å². The highest BCUT2D eigenvalue weighted by molar-refractivity contribution is 5.76. The lowest BCUT2D eigenvalue weighted by molar-refractivity contribution is -0.122. The number of nitrogens with one attached hydrogen (secondary N) is 1. The van der Waals surface area contributed by atoms with Crippen LogP contribution in [0.3, 0.4) is 0 Å². The number of hydrogen-bond acceptors (Lipinski definition) is 3. The second-order valence-electron chi connectivity index (χ2n) is 6.78. The van der Waals surface area contributed by atoms with E-state index in [-0.39, 0.29) is 18.3 Å². The summed E-state index contributed by atoms with van der Waals surface area (Å²) < 4.78 is 16.7. The smallest absolute Gasteiger partial charge is 0.241 e. The summed E-state index contributed by atoms with van der Waals surface area (Å²) in [6.07, 6.45) is 5.41. The van der Waals surface area contributed by atoms with E-state index in [0.717, 1.165) is 22.4 Å². The van der Waals surface area contributed by atoms with Crippen molar-refractivity contribution in [3.63, 3.8) is 0 Å². The van der Waals surface area contributed by atoms with Gasteiger partial charge in [-0.2, -0.15) is 10.2 Å². The quantitative estimate of drug-likeness (QED) is 0.549. The normalized spacial score (nSPS) is 10.8. The third-order valence-corrected chi connectivity index (χ3v) is 4.47. The summed E-state index contributed by atoms with van der Waals surface area (Å²) in [6, 6.07) is 15.9. The zero-order valence-electron chi connectivity index (χ0n) is 15.9. The van der Waals surface area contributed by atoms with Gasteiger partial charge in [-0.3, -0.25) is 9.48 Å². The third kappa shape index (κ3) is 4.40. The van der Waals surface area contributed by atoms with E-state index in [1.165, 1.54) is 12.1 Å². The fraction of sp³-hybridized carbons (Fsp3) is 0.136. The summed E-state index contributed by atoms with van der Waals surface area (Å²) in [6.45, 7) is 2.37. The van der Waals surface area contributed by atoms with E-state index in [1.807, 2.05) is 49.6 Å². The van der Waals surface area contributed by atoms with Crippen LogP contribution in [0, 0.1) is 12.7 Å². The Bertz CT molecular complexity index is 1120. The molecule has 0 radical (unpaired) electrons. The maximum Gasteiger partial charge on any atom is 0.241 e. The first-order chi connectivity index (χ1) is 14.1. The average Bonchev–Trinajstić information content (AvgIpc) is 3.34. The molecular formula is C22H20FN5O. The molecule has 0 saturated carbocycles. The Morgan fingerprint density at radius 1 is 1.07 bits per heavy atom. The van der Waals surface area contributed by atoms with E-state index in [1.54, 1.807) is 27.7 Å². The van der Waals surface area contributed by atoms with Crippen molar-refractivity contribution in [2.75, 3.05) is 0 Å². The summed E-state index contributed by atoms with van der Waals surface area (Å²) in [5, 5.41) is 11.7. The average molecular weight is 389 g/mol. The number of aryl methyl sites for hydroxylation is 1. The van der Waals surface area contributed by atoms with Crippen LogP contribution in [-0.4, -0.2) is 25.5 Å². The monoisotopic (exact) mass is 389 g/mol. The summed E-state index contributed by atoms with van der Waals surface area (Å²) in [4.78, 5) is 12.3. The highest BCUT2D eigenvalue weighted by Crippen LogP contribution is 2.24. The van der Waals surface area contributed by atoms with Gasteiger partial charge in [-0.05, 0) is 48.9 Å². The van der Waals surface area contributed by atoms with Crippen LogP contribution in [0.1, 0.15) is 11.1 Å². The lowest BCUT2D eigenvalue weighted by Gasteiger charge is -2.06. The Morgan fingerprint density at radius 2 is 1.83 bits per heavy atom. The number of rotatable bonds is 6. The molecule has 6 nitrogen and oxygen atoms in total. The Labute approximate surface area is 167 Å². The summed E-state index contributed by atoms with van der Waals surface area (Å²) in [5.74, 6) is -0.453. The van der Waals surface area contributed by atoms with Crippen molar-refractivity contribution in [1.82, 2.24) is 24.9 Å². The molecule has 0 fully saturated rings. The van der Waals surface area contributed by atoms with Gasteiger partial charge in [0.2, 0.25) is 5.91 Å². The Morgan fingerprint density at radius 3 is 2.52 bits per heavy atom. The van der Waals surface area contributed by atoms with Crippen LogP contribution in [0.15, 0.2) is 73.2 Å². The first-order valence-corrected chi connectivity index (χ1v) is 9.24. The third-order valence-electron chi connectivity index (χ3n) is 4.47. The van der Waals surface area contributed by atoms with E-state index in [9.17, 15) is 9.18 Å². The van der Waals surface area contributed by atoms with Gasteiger partial charge in [-0.15, -0.1) is 0 Å². The first-order valence-electron chi connectivity index (χ1n) is 9.24. The minimum atomic E-state index is -0.305. The zero-order chi connectivity index (χ0) is 20.2. The number of benzene rings is 2. The number of carbonyl (C=O) groups is 1. The van der Waals surface area contributed by atoms with Crippen molar-refractivity contribution in [2.45, 2.75) is 20.0 Å². The number of nitrogens with zero attached hydrogens (tertiary/aromatic N) is 4. The van der Waals surface area contributed by atoms with Crippen molar-refractivity contribution >= 4 is 5.91 Å². The maximum atomic E-state index is 13.3. The molecular weight excluding hydrogens is 369 g/mol. The summed E-state index contributed by atoms with van der Waals surface area (Å²) in [7, 11) is 0. The minimum Gasteiger partial charge on any atom is -0.350 e. The Hall–Kier alpha value is -3.74. The lowest BCUT2D eigenvalue weighted by atomic mass is 10.1. The molecule has 0 aliphatic rings. The molecule has 0 bridgehead atoms. The number of amides is 1. The van der Waals surface area contributed by atoms with E-state index in [4.69, 9.17) is 0 Å². The predicted molar refractivity (Wildman–Crippen MR) is 108 cm³/mol. The van der Waals surface area contributed by atoms with E-state index >= 15 is 0 Å². The summed E-state index contributed by atoms with van der Waals surface area (Å²) >= 11 is 0. The van der Waals surface area contributed by atoms with Crippen molar-refractivity contribution in [2.24, 2.45) is 0 Å². The highest BCUT2D eigenvalue weighted by Gasteiger charge is 2.14. The predicted octanol–water partition coefficient (Wildman–Crippen LogP) is 3.50. The van der Waals surface area contributed by atoms with E-state index in [2.05, 4.69) is 15.5 Å². The first kappa shape index (κ1) is 18.6. The van der Waals surface area contributed by atoms with Gasteiger partial charge in [-0.25, -0.2) is 9.07 Å². The molecule has 0 saturated heterocycles. The molecule has 1 amide bonds. The molecule has 0 spiro atoms. The molecule has 2 heterocycles. The molecule has 7 heteroatoms. The van der Waals surface area contributed by atoms with Gasteiger partial charge in [0.1, 0.15) is 12.4 Å². The molecule has 4 aromatic rings. The van der Waals surface area contributed by atoms with Gasteiger partial charge in [0.25, 0.3) is 0 Å². The standard InChI is InChI=1S/C22H20FN5O/c1-16-11-25-27(13-16)15-21(29)24-12-18-14-28(20-5-3-2-4-6-20)26-22(18)17-7-9-19(23)10-8-17/h2-11,13-14H,12,15H2,1H3,(H,24,29). The molecule has 4 rings (SSSR count). The minimum absolute atomic E-state index is 0.145. The van der Waals surface area contributed by atoms with Gasteiger partial charge >= 0.3 is 0 Å². The van der Waals surface area contributed by atoms with Crippen LogP contribution in [0.5, 0.6) is 0 Å². The molecule has 0 atom stereocenters. The highest BCUT2D eigenvalue weighted by atomic mass is 19.1. The molecule has 0 aliphatic carbocycles. The van der Waals surface area contributed by atoms with Crippen LogP contribution in [0.2, 0.25) is 0 Å². The molecule has 2 aromatic heterocycles. The van der Waals surface area contributed by atoms with Crippen LogP contribution in [0.4, 0.5) is 4.39 Å². The van der Waals surface area contributed by atoms with E-state index < -0.39 is 0 Å². The van der Waals surface area contributed by atoms with Crippen LogP contribution in [-0.2, 0) is 17.9 Å². The largest absolute Gasteiger partial charge is 0.350 e. The van der Waals surface area contributed by atoms with Crippen molar-refractivity contribution in [1.29, 1.82) is 0 Å². The van der Waals surface area contributed by atoms with Crippen LogP contribution >= 0.6 is 0 Å². The second kappa shape index (κ2) is 8.10. The van der Waals surface area contributed by atoms with Gasteiger partial charge in [0.05, 0.1) is 17.6 Å². The Balaban J connectivity index is 1.57. The Kier molecular flexibility index (Phi) is 5.20. The number of carbonyl (C=O) groups excluding carboxylic acids is 1. The fourth-order valence-corrected chi connectivity index (χ4v) is 3.05. The van der Waals surface area contributed by atoms with Crippen molar-refractivity contribution in [3.05, 3.63) is 90.1 Å². The number of para-hydroxylation sites is 1. The van der Waals surface area contributed by atoms with E-state index in [0.29, 0.717) is 12.2 Å². The maximum absolute atomic E-state index is 13.3. The topological polar surface area (TPSA) is 64.7 Å². The molecule has 0 aliphatic heterocycles.